The molecular weight excluding hydrogens is 244 g/mol. The van der Waals surface area contributed by atoms with E-state index in [1.807, 2.05) is 36.5 Å². The Morgan fingerprint density at radius 3 is 2.74 bits per heavy atom. The molecule has 0 unspecified atom stereocenters. The molecular formula is C14H18N2O3. The van der Waals surface area contributed by atoms with E-state index < -0.39 is 0 Å². The number of aliphatic hydroxyl groups excluding tert-OH is 2. The molecule has 1 aromatic carbocycles. The van der Waals surface area contributed by atoms with E-state index >= 15 is 0 Å². The minimum atomic E-state index is -0.0299. The standard InChI is InChI=1S/C14H18N2O3/c17-7-6-16-13-10-11(12-2-1-5-15-12)3-4-14(13)19-9-8-18/h1-5,10,15-18H,6-9H2. The summed E-state index contributed by atoms with van der Waals surface area (Å²) in [6.07, 6.45) is 1.87. The number of H-pyrrole nitrogens is 1. The normalized spacial score (nSPS) is 10.4. The molecule has 1 aromatic heterocycles. The van der Waals surface area contributed by atoms with Crippen LogP contribution in [0.2, 0.25) is 0 Å². The number of aromatic nitrogens is 1. The second kappa shape index (κ2) is 6.82. The highest BCUT2D eigenvalue weighted by atomic mass is 16.5. The van der Waals surface area contributed by atoms with Crippen LogP contribution >= 0.6 is 0 Å². The molecule has 5 nitrogen and oxygen atoms in total. The van der Waals surface area contributed by atoms with Crippen LogP contribution in [0.5, 0.6) is 5.75 Å². The fraction of sp³-hybridized carbons (Fsp3) is 0.286. The molecule has 0 aliphatic rings. The van der Waals surface area contributed by atoms with Gasteiger partial charge >= 0.3 is 0 Å². The first-order valence-electron chi connectivity index (χ1n) is 6.21. The number of rotatable bonds is 7. The van der Waals surface area contributed by atoms with Crippen LogP contribution in [0, 0.1) is 0 Å². The van der Waals surface area contributed by atoms with Crippen molar-refractivity contribution >= 4 is 5.69 Å². The Kier molecular flexibility index (Phi) is 4.83. The van der Waals surface area contributed by atoms with Crippen LogP contribution in [0.15, 0.2) is 36.5 Å². The molecule has 0 saturated carbocycles. The van der Waals surface area contributed by atoms with Crippen LogP contribution in [0.3, 0.4) is 0 Å². The lowest BCUT2D eigenvalue weighted by atomic mass is 10.1. The third-order valence-corrected chi connectivity index (χ3v) is 2.66. The first-order chi connectivity index (χ1) is 9.35. The number of ether oxygens (including phenoxy) is 1. The summed E-state index contributed by atoms with van der Waals surface area (Å²) in [5.41, 5.74) is 2.84. The molecule has 0 fully saturated rings. The van der Waals surface area contributed by atoms with Crippen molar-refractivity contribution in [2.45, 2.75) is 0 Å². The van der Waals surface area contributed by atoms with Crippen molar-refractivity contribution in [2.75, 3.05) is 31.7 Å². The molecule has 0 bridgehead atoms. The Morgan fingerprint density at radius 1 is 1.16 bits per heavy atom. The zero-order valence-electron chi connectivity index (χ0n) is 10.6. The molecule has 5 heteroatoms. The Bertz CT molecular complexity index is 497. The lowest BCUT2D eigenvalue weighted by molar-refractivity contribution is 0.202. The molecule has 0 aliphatic heterocycles. The summed E-state index contributed by atoms with van der Waals surface area (Å²) < 4.78 is 5.45. The average Bonchev–Trinajstić information content (AvgIpc) is 2.97. The second-order valence-corrected chi connectivity index (χ2v) is 4.02. The van der Waals surface area contributed by atoms with Gasteiger partial charge in [-0.25, -0.2) is 0 Å². The van der Waals surface area contributed by atoms with E-state index in [1.54, 1.807) is 0 Å². The van der Waals surface area contributed by atoms with Crippen LogP contribution in [0.25, 0.3) is 11.3 Å². The quantitative estimate of drug-likeness (QED) is 0.609. The van der Waals surface area contributed by atoms with Gasteiger partial charge in [-0.3, -0.25) is 0 Å². The van der Waals surface area contributed by atoms with Gasteiger partial charge < -0.3 is 25.3 Å². The summed E-state index contributed by atoms with van der Waals surface area (Å²) in [7, 11) is 0. The Morgan fingerprint density at radius 2 is 2.05 bits per heavy atom. The fourth-order valence-electron chi connectivity index (χ4n) is 1.82. The first kappa shape index (κ1) is 13.5. The van der Waals surface area contributed by atoms with Crippen molar-refractivity contribution in [1.29, 1.82) is 0 Å². The molecule has 19 heavy (non-hydrogen) atoms. The number of anilines is 1. The highest BCUT2D eigenvalue weighted by Gasteiger charge is 2.06. The van der Waals surface area contributed by atoms with Crippen molar-refractivity contribution in [3.63, 3.8) is 0 Å². The molecule has 1 heterocycles. The van der Waals surface area contributed by atoms with Gasteiger partial charge in [-0.15, -0.1) is 0 Å². The molecule has 2 rings (SSSR count). The minimum Gasteiger partial charge on any atom is -0.489 e. The molecule has 102 valence electrons. The van der Waals surface area contributed by atoms with E-state index in [0.717, 1.165) is 16.9 Å². The van der Waals surface area contributed by atoms with Crippen molar-refractivity contribution < 1.29 is 14.9 Å². The van der Waals surface area contributed by atoms with Gasteiger partial charge in [0.2, 0.25) is 0 Å². The van der Waals surface area contributed by atoms with Crippen molar-refractivity contribution in [1.82, 2.24) is 4.98 Å². The summed E-state index contributed by atoms with van der Waals surface area (Å²) in [5, 5.41) is 20.8. The predicted octanol–water partition coefficient (Wildman–Crippen LogP) is 1.46. The van der Waals surface area contributed by atoms with Crippen molar-refractivity contribution in [2.24, 2.45) is 0 Å². The number of aromatic amines is 1. The van der Waals surface area contributed by atoms with Gasteiger partial charge in [-0.05, 0) is 30.3 Å². The fourth-order valence-corrected chi connectivity index (χ4v) is 1.82. The van der Waals surface area contributed by atoms with E-state index in [9.17, 15) is 0 Å². The monoisotopic (exact) mass is 262 g/mol. The topological polar surface area (TPSA) is 77.5 Å². The molecule has 0 saturated heterocycles. The number of hydrogen-bond acceptors (Lipinski definition) is 4. The Balaban J connectivity index is 2.24. The van der Waals surface area contributed by atoms with Crippen LogP contribution in [0.4, 0.5) is 5.69 Å². The maximum atomic E-state index is 8.90. The van der Waals surface area contributed by atoms with E-state index in [0.29, 0.717) is 12.3 Å². The number of nitrogens with one attached hydrogen (secondary N) is 2. The summed E-state index contributed by atoms with van der Waals surface area (Å²) in [5.74, 6) is 0.665. The maximum absolute atomic E-state index is 8.90. The molecule has 0 amide bonds. The molecule has 0 spiro atoms. The van der Waals surface area contributed by atoms with Crippen LogP contribution < -0.4 is 10.1 Å². The molecule has 0 aliphatic carbocycles. The van der Waals surface area contributed by atoms with Crippen LogP contribution in [-0.4, -0.2) is 41.6 Å². The van der Waals surface area contributed by atoms with Gasteiger partial charge in [-0.2, -0.15) is 0 Å². The molecule has 0 radical (unpaired) electrons. The average molecular weight is 262 g/mol. The zero-order valence-corrected chi connectivity index (χ0v) is 10.6. The van der Waals surface area contributed by atoms with Gasteiger partial charge in [0.05, 0.1) is 18.9 Å². The summed E-state index contributed by atoms with van der Waals surface area (Å²) in [4.78, 5) is 3.14. The molecule has 0 atom stereocenters. The van der Waals surface area contributed by atoms with E-state index in [2.05, 4.69) is 10.3 Å². The largest absolute Gasteiger partial charge is 0.489 e. The van der Waals surface area contributed by atoms with E-state index in [4.69, 9.17) is 14.9 Å². The smallest absolute Gasteiger partial charge is 0.142 e. The number of aliphatic hydroxyl groups is 2. The first-order valence-corrected chi connectivity index (χ1v) is 6.21. The van der Waals surface area contributed by atoms with E-state index in [-0.39, 0.29) is 19.8 Å². The van der Waals surface area contributed by atoms with Crippen LogP contribution in [-0.2, 0) is 0 Å². The zero-order chi connectivity index (χ0) is 13.5. The lowest BCUT2D eigenvalue weighted by Gasteiger charge is -2.13. The Labute approximate surface area is 111 Å². The molecule has 2 aromatic rings. The van der Waals surface area contributed by atoms with E-state index in [1.165, 1.54) is 0 Å². The van der Waals surface area contributed by atoms with Crippen molar-refractivity contribution in [3.05, 3.63) is 36.5 Å². The summed E-state index contributed by atoms with van der Waals surface area (Å²) in [6, 6.07) is 9.67. The summed E-state index contributed by atoms with van der Waals surface area (Å²) in [6.45, 7) is 0.712. The number of benzene rings is 1. The predicted molar refractivity (Wildman–Crippen MR) is 74.4 cm³/mol. The molecule has 4 N–H and O–H groups in total. The van der Waals surface area contributed by atoms with Crippen LogP contribution in [0.1, 0.15) is 0 Å². The Hall–Kier alpha value is -1.98. The van der Waals surface area contributed by atoms with Gasteiger partial charge in [0.15, 0.2) is 0 Å². The van der Waals surface area contributed by atoms with Gasteiger partial charge in [-0.1, -0.05) is 0 Å². The minimum absolute atomic E-state index is 0.0299. The highest BCUT2D eigenvalue weighted by Crippen LogP contribution is 2.30. The maximum Gasteiger partial charge on any atom is 0.142 e. The SMILES string of the molecule is OCCNc1cc(-c2ccc[nH]2)ccc1OCCO. The van der Waals surface area contributed by atoms with Gasteiger partial charge in [0, 0.05) is 24.0 Å². The highest BCUT2D eigenvalue weighted by molar-refractivity contribution is 5.70. The number of hydrogen-bond donors (Lipinski definition) is 4. The lowest BCUT2D eigenvalue weighted by Crippen LogP contribution is -2.09. The van der Waals surface area contributed by atoms with Crippen molar-refractivity contribution in [3.8, 4) is 17.0 Å². The summed E-state index contributed by atoms with van der Waals surface area (Å²) >= 11 is 0. The van der Waals surface area contributed by atoms with Gasteiger partial charge in [0.1, 0.15) is 12.4 Å². The second-order valence-electron chi connectivity index (χ2n) is 4.02. The van der Waals surface area contributed by atoms with Gasteiger partial charge in [0.25, 0.3) is 0 Å². The third kappa shape index (κ3) is 3.49. The third-order valence-electron chi connectivity index (χ3n) is 2.66.